The molecule has 0 aliphatic rings. The molecular formula is C18H16F3N3O2S. The standard InChI is InChI=1S/C18H16F3N3O2S/c1-2-13-9-12(7-8-22-13)10-23-11-16(25)24(17(23)26)14-3-5-15(6-4-14)27-18(19,20)21/h3-9,11,25H,2,10H2,1H3. The maximum absolute atomic E-state index is 12.6. The third-order valence-corrected chi connectivity index (χ3v) is 4.60. The van der Waals surface area contributed by atoms with Crippen molar-refractivity contribution in [1.29, 1.82) is 0 Å². The fourth-order valence-electron chi connectivity index (χ4n) is 2.65. The highest BCUT2D eigenvalue weighted by atomic mass is 32.2. The first-order chi connectivity index (χ1) is 12.8. The summed E-state index contributed by atoms with van der Waals surface area (Å²) >= 11 is -0.238. The largest absolute Gasteiger partial charge is 0.493 e. The Morgan fingerprint density at radius 3 is 2.52 bits per heavy atom. The van der Waals surface area contributed by atoms with Crippen LogP contribution in [0.15, 0.2) is 58.5 Å². The number of aromatic nitrogens is 3. The number of thioether (sulfide) groups is 1. The van der Waals surface area contributed by atoms with E-state index < -0.39 is 11.2 Å². The molecule has 0 atom stereocenters. The van der Waals surface area contributed by atoms with Crippen LogP contribution in [0.25, 0.3) is 5.69 Å². The van der Waals surface area contributed by atoms with Crippen LogP contribution in [-0.4, -0.2) is 24.7 Å². The molecule has 0 saturated carbocycles. The van der Waals surface area contributed by atoms with Crippen LogP contribution in [-0.2, 0) is 13.0 Å². The Morgan fingerprint density at radius 2 is 1.89 bits per heavy atom. The number of aryl methyl sites for hydroxylation is 1. The predicted octanol–water partition coefficient (Wildman–Crippen LogP) is 3.96. The minimum Gasteiger partial charge on any atom is -0.493 e. The van der Waals surface area contributed by atoms with Gasteiger partial charge in [0.1, 0.15) is 0 Å². The molecule has 2 aromatic heterocycles. The van der Waals surface area contributed by atoms with Crippen molar-refractivity contribution in [2.75, 3.05) is 0 Å². The topological polar surface area (TPSA) is 60.0 Å². The van der Waals surface area contributed by atoms with E-state index in [0.29, 0.717) is 0 Å². The van der Waals surface area contributed by atoms with Gasteiger partial charge in [-0.25, -0.2) is 9.36 Å². The Balaban J connectivity index is 1.88. The number of rotatable bonds is 5. The van der Waals surface area contributed by atoms with Crippen molar-refractivity contribution >= 4 is 11.8 Å². The third-order valence-electron chi connectivity index (χ3n) is 3.86. The van der Waals surface area contributed by atoms with Crippen LogP contribution >= 0.6 is 11.8 Å². The van der Waals surface area contributed by atoms with Crippen LogP contribution in [0.2, 0.25) is 0 Å². The molecule has 3 rings (SSSR count). The zero-order chi connectivity index (χ0) is 19.6. The SMILES string of the molecule is CCc1cc(Cn2cc(O)n(-c3ccc(SC(F)(F)F)cc3)c2=O)ccn1. The number of benzene rings is 1. The van der Waals surface area contributed by atoms with Crippen LogP contribution in [0.3, 0.4) is 0 Å². The van der Waals surface area contributed by atoms with E-state index in [4.69, 9.17) is 0 Å². The van der Waals surface area contributed by atoms with Crippen molar-refractivity contribution in [2.24, 2.45) is 0 Å². The maximum Gasteiger partial charge on any atom is 0.446 e. The van der Waals surface area contributed by atoms with Crippen molar-refractivity contribution in [3.05, 3.63) is 70.5 Å². The highest BCUT2D eigenvalue weighted by Gasteiger charge is 2.29. The average molecular weight is 395 g/mol. The lowest BCUT2D eigenvalue weighted by Crippen LogP contribution is -2.23. The Kier molecular flexibility index (Phi) is 5.31. The molecule has 0 fully saturated rings. The fourth-order valence-corrected chi connectivity index (χ4v) is 3.19. The minimum absolute atomic E-state index is 0.00195. The molecular weight excluding hydrogens is 379 g/mol. The lowest BCUT2D eigenvalue weighted by molar-refractivity contribution is -0.0328. The van der Waals surface area contributed by atoms with Gasteiger partial charge in [0.05, 0.1) is 18.4 Å². The molecule has 27 heavy (non-hydrogen) atoms. The molecule has 0 saturated heterocycles. The van der Waals surface area contributed by atoms with Crippen molar-refractivity contribution in [3.8, 4) is 11.6 Å². The quantitative estimate of drug-likeness (QED) is 0.665. The van der Waals surface area contributed by atoms with Crippen LogP contribution in [0.4, 0.5) is 13.2 Å². The molecule has 0 aliphatic carbocycles. The Hall–Kier alpha value is -2.68. The smallest absolute Gasteiger partial charge is 0.446 e. The van der Waals surface area contributed by atoms with E-state index in [0.717, 1.165) is 22.2 Å². The zero-order valence-corrected chi connectivity index (χ0v) is 15.1. The van der Waals surface area contributed by atoms with Gasteiger partial charge in [-0.2, -0.15) is 13.2 Å². The van der Waals surface area contributed by atoms with Gasteiger partial charge in [-0.05, 0) is 60.1 Å². The molecule has 0 spiro atoms. The van der Waals surface area contributed by atoms with Gasteiger partial charge >= 0.3 is 11.2 Å². The van der Waals surface area contributed by atoms with E-state index in [1.54, 1.807) is 12.3 Å². The number of hydrogen-bond acceptors (Lipinski definition) is 4. The number of hydrogen-bond donors (Lipinski definition) is 1. The molecule has 9 heteroatoms. The Morgan fingerprint density at radius 1 is 1.19 bits per heavy atom. The summed E-state index contributed by atoms with van der Waals surface area (Å²) in [5, 5.41) is 10.1. The third kappa shape index (κ3) is 4.54. The molecule has 3 aromatic rings. The summed E-state index contributed by atoms with van der Waals surface area (Å²) in [7, 11) is 0. The zero-order valence-electron chi connectivity index (χ0n) is 14.3. The van der Waals surface area contributed by atoms with Gasteiger partial charge in [0.25, 0.3) is 0 Å². The molecule has 0 radical (unpaired) electrons. The predicted molar refractivity (Wildman–Crippen MR) is 96.3 cm³/mol. The number of nitrogens with zero attached hydrogens (tertiary/aromatic N) is 3. The van der Waals surface area contributed by atoms with Crippen molar-refractivity contribution in [3.63, 3.8) is 0 Å². The number of alkyl halides is 3. The van der Waals surface area contributed by atoms with E-state index in [9.17, 15) is 23.1 Å². The van der Waals surface area contributed by atoms with E-state index in [-0.39, 0.29) is 34.8 Å². The summed E-state index contributed by atoms with van der Waals surface area (Å²) in [5.41, 5.74) is -2.84. The van der Waals surface area contributed by atoms with E-state index in [1.165, 1.54) is 35.0 Å². The van der Waals surface area contributed by atoms with E-state index >= 15 is 0 Å². The number of halogens is 3. The van der Waals surface area contributed by atoms with Gasteiger partial charge < -0.3 is 5.11 Å². The first-order valence-corrected chi connectivity index (χ1v) is 8.89. The normalized spacial score (nSPS) is 11.7. The van der Waals surface area contributed by atoms with Gasteiger partial charge in [-0.15, -0.1) is 0 Å². The Labute approximate surface area is 157 Å². The van der Waals surface area contributed by atoms with Crippen molar-refractivity contribution in [1.82, 2.24) is 14.1 Å². The number of pyridine rings is 1. The Bertz CT molecular complexity index is 994. The summed E-state index contributed by atoms with van der Waals surface area (Å²) in [5.74, 6) is -0.291. The van der Waals surface area contributed by atoms with E-state index in [1.807, 2.05) is 13.0 Å². The van der Waals surface area contributed by atoms with E-state index in [2.05, 4.69) is 4.98 Å². The van der Waals surface area contributed by atoms with Crippen LogP contribution in [0.5, 0.6) is 5.88 Å². The fraction of sp³-hybridized carbons (Fsp3) is 0.222. The maximum atomic E-state index is 12.6. The van der Waals surface area contributed by atoms with Gasteiger partial charge in [0, 0.05) is 16.8 Å². The van der Waals surface area contributed by atoms with Gasteiger partial charge in [0.15, 0.2) is 0 Å². The first kappa shape index (κ1) is 19.1. The number of imidazole rings is 1. The number of aromatic hydroxyl groups is 1. The molecule has 1 N–H and O–H groups in total. The molecule has 0 aliphatic heterocycles. The second kappa shape index (κ2) is 7.51. The van der Waals surface area contributed by atoms with Crippen LogP contribution < -0.4 is 5.69 Å². The van der Waals surface area contributed by atoms with Crippen LogP contribution in [0.1, 0.15) is 18.2 Å². The summed E-state index contributed by atoms with van der Waals surface area (Å²) in [6.07, 6.45) is 3.72. The summed E-state index contributed by atoms with van der Waals surface area (Å²) in [4.78, 5) is 16.8. The minimum atomic E-state index is -4.38. The molecule has 2 heterocycles. The average Bonchev–Trinajstić information content (AvgIpc) is 2.88. The highest BCUT2D eigenvalue weighted by Crippen LogP contribution is 2.37. The van der Waals surface area contributed by atoms with Gasteiger partial charge in [-0.3, -0.25) is 9.55 Å². The summed E-state index contributed by atoms with van der Waals surface area (Å²) in [6, 6.07) is 8.90. The molecule has 1 aromatic carbocycles. The van der Waals surface area contributed by atoms with Crippen molar-refractivity contribution < 1.29 is 18.3 Å². The van der Waals surface area contributed by atoms with Crippen LogP contribution in [0, 0.1) is 0 Å². The molecule has 0 amide bonds. The lowest BCUT2D eigenvalue weighted by Gasteiger charge is -2.07. The first-order valence-electron chi connectivity index (χ1n) is 8.08. The second-order valence-corrected chi connectivity index (χ2v) is 6.92. The lowest BCUT2D eigenvalue weighted by atomic mass is 10.2. The van der Waals surface area contributed by atoms with Gasteiger partial charge in [0.2, 0.25) is 5.88 Å². The molecule has 142 valence electrons. The van der Waals surface area contributed by atoms with Gasteiger partial charge in [-0.1, -0.05) is 6.92 Å². The summed E-state index contributed by atoms with van der Waals surface area (Å²) in [6.45, 7) is 2.22. The second-order valence-electron chi connectivity index (χ2n) is 5.78. The molecule has 5 nitrogen and oxygen atoms in total. The monoisotopic (exact) mass is 395 g/mol. The molecule has 0 bridgehead atoms. The summed E-state index contributed by atoms with van der Waals surface area (Å²) < 4.78 is 39.6. The molecule has 0 unspecified atom stereocenters. The highest BCUT2D eigenvalue weighted by molar-refractivity contribution is 8.00. The van der Waals surface area contributed by atoms with Crippen molar-refractivity contribution in [2.45, 2.75) is 30.3 Å².